The molecule has 0 atom stereocenters. The maximum absolute atomic E-state index is 13.6. The number of amides is 1. The molecule has 1 aliphatic heterocycles. The van der Waals surface area contributed by atoms with Gasteiger partial charge in [0.15, 0.2) is 0 Å². The first-order valence-corrected chi connectivity index (χ1v) is 10.2. The highest BCUT2D eigenvalue weighted by Crippen LogP contribution is 2.18. The Morgan fingerprint density at radius 2 is 1.97 bits per heavy atom. The molecule has 1 fully saturated rings. The van der Waals surface area contributed by atoms with Crippen LogP contribution in [0.1, 0.15) is 24.0 Å². The number of carbonyl (C=O) groups is 1. The van der Waals surface area contributed by atoms with E-state index in [9.17, 15) is 14.0 Å². The summed E-state index contributed by atoms with van der Waals surface area (Å²) in [7, 11) is 0. The van der Waals surface area contributed by atoms with E-state index in [0.29, 0.717) is 24.2 Å². The van der Waals surface area contributed by atoms with Crippen molar-refractivity contribution in [2.24, 2.45) is 5.92 Å². The van der Waals surface area contributed by atoms with Gasteiger partial charge >= 0.3 is 0 Å². The van der Waals surface area contributed by atoms with Crippen LogP contribution in [0, 0.1) is 18.7 Å². The smallest absolute Gasteiger partial charge is 0.275 e. The second-order valence-corrected chi connectivity index (χ2v) is 7.87. The number of halogens is 1. The quantitative estimate of drug-likeness (QED) is 0.705. The minimum atomic E-state index is -0.257. The van der Waals surface area contributed by atoms with Crippen LogP contribution in [0.2, 0.25) is 0 Å². The normalized spacial score (nSPS) is 15.4. The SMILES string of the molecule is Cc1ccc(CNC(=O)C2CCN(Cn3ncc4ccccc4c3=O)CC2)cc1F. The van der Waals surface area contributed by atoms with Crippen molar-refractivity contribution in [3.8, 4) is 0 Å². The number of aromatic nitrogens is 2. The molecule has 1 N–H and O–H groups in total. The molecular weight excluding hydrogens is 383 g/mol. The average molecular weight is 408 g/mol. The summed E-state index contributed by atoms with van der Waals surface area (Å²) >= 11 is 0. The van der Waals surface area contributed by atoms with Crippen LogP contribution < -0.4 is 10.9 Å². The van der Waals surface area contributed by atoms with Crippen LogP contribution in [0.4, 0.5) is 4.39 Å². The van der Waals surface area contributed by atoms with E-state index in [1.807, 2.05) is 30.3 Å². The van der Waals surface area contributed by atoms with Gasteiger partial charge in [-0.15, -0.1) is 0 Å². The molecule has 1 aliphatic rings. The molecule has 0 unspecified atom stereocenters. The van der Waals surface area contributed by atoms with Crippen LogP contribution >= 0.6 is 0 Å². The zero-order valence-electron chi connectivity index (χ0n) is 17.0. The van der Waals surface area contributed by atoms with Gasteiger partial charge in [-0.05, 0) is 43.0 Å². The molecule has 2 heterocycles. The van der Waals surface area contributed by atoms with Crippen LogP contribution in [0.3, 0.4) is 0 Å². The predicted molar refractivity (Wildman–Crippen MR) is 113 cm³/mol. The van der Waals surface area contributed by atoms with Crippen molar-refractivity contribution in [3.63, 3.8) is 0 Å². The lowest BCUT2D eigenvalue weighted by Gasteiger charge is -2.31. The molecule has 30 heavy (non-hydrogen) atoms. The third kappa shape index (κ3) is 4.41. The molecule has 0 radical (unpaired) electrons. The Bertz CT molecular complexity index is 1120. The Morgan fingerprint density at radius 1 is 1.20 bits per heavy atom. The van der Waals surface area contributed by atoms with E-state index in [0.717, 1.165) is 36.9 Å². The van der Waals surface area contributed by atoms with Gasteiger partial charge in [-0.1, -0.05) is 30.3 Å². The highest BCUT2D eigenvalue weighted by molar-refractivity contribution is 5.80. The Morgan fingerprint density at radius 3 is 2.73 bits per heavy atom. The van der Waals surface area contributed by atoms with Gasteiger partial charge in [0.05, 0.1) is 18.3 Å². The van der Waals surface area contributed by atoms with Crippen molar-refractivity contribution >= 4 is 16.7 Å². The highest BCUT2D eigenvalue weighted by atomic mass is 19.1. The summed E-state index contributed by atoms with van der Waals surface area (Å²) in [4.78, 5) is 27.3. The van der Waals surface area contributed by atoms with Gasteiger partial charge < -0.3 is 5.32 Å². The second kappa shape index (κ2) is 8.75. The Hall–Kier alpha value is -3.06. The van der Waals surface area contributed by atoms with Crippen LogP contribution in [-0.2, 0) is 18.0 Å². The monoisotopic (exact) mass is 408 g/mol. The molecule has 1 saturated heterocycles. The number of nitrogens with zero attached hydrogens (tertiary/aromatic N) is 3. The summed E-state index contributed by atoms with van der Waals surface area (Å²) < 4.78 is 15.1. The third-order valence-electron chi connectivity index (χ3n) is 5.76. The van der Waals surface area contributed by atoms with E-state index in [1.165, 1.54) is 10.7 Å². The Kier molecular flexibility index (Phi) is 5.90. The predicted octanol–water partition coefficient (Wildman–Crippen LogP) is 2.83. The van der Waals surface area contributed by atoms with Crippen molar-refractivity contribution in [2.45, 2.75) is 33.0 Å². The van der Waals surface area contributed by atoms with Crippen molar-refractivity contribution in [1.29, 1.82) is 0 Å². The van der Waals surface area contributed by atoms with Crippen molar-refractivity contribution in [3.05, 3.63) is 76.0 Å². The van der Waals surface area contributed by atoms with E-state index >= 15 is 0 Å². The van der Waals surface area contributed by atoms with Crippen molar-refractivity contribution in [1.82, 2.24) is 20.0 Å². The molecule has 0 saturated carbocycles. The largest absolute Gasteiger partial charge is 0.352 e. The lowest BCUT2D eigenvalue weighted by molar-refractivity contribution is -0.126. The summed E-state index contributed by atoms with van der Waals surface area (Å²) in [5.74, 6) is -0.331. The van der Waals surface area contributed by atoms with E-state index < -0.39 is 0 Å². The molecular formula is C23H25FN4O2. The minimum absolute atomic E-state index is 0.00312. The van der Waals surface area contributed by atoms with Gasteiger partial charge in [0.25, 0.3) is 5.56 Å². The number of hydrogen-bond donors (Lipinski definition) is 1. The lowest BCUT2D eigenvalue weighted by Crippen LogP contribution is -2.42. The zero-order valence-corrected chi connectivity index (χ0v) is 17.0. The summed E-state index contributed by atoms with van der Waals surface area (Å²) in [5.41, 5.74) is 1.25. The van der Waals surface area contributed by atoms with E-state index in [1.54, 1.807) is 19.2 Å². The Balaban J connectivity index is 1.30. The number of piperidine rings is 1. The van der Waals surface area contributed by atoms with E-state index in [-0.39, 0.29) is 23.2 Å². The first kappa shape index (κ1) is 20.2. The van der Waals surface area contributed by atoms with Gasteiger partial charge in [-0.2, -0.15) is 5.10 Å². The molecule has 1 aromatic heterocycles. The van der Waals surface area contributed by atoms with Crippen LogP contribution in [0.15, 0.2) is 53.5 Å². The molecule has 4 rings (SSSR count). The maximum Gasteiger partial charge on any atom is 0.275 e. The standard InChI is InChI=1S/C23H25FN4O2/c1-16-6-7-17(12-21(16)24)13-25-22(29)18-8-10-27(11-9-18)15-28-23(30)20-5-3-2-4-19(20)14-26-28/h2-7,12,14,18H,8-11,13,15H2,1H3,(H,25,29). The van der Waals surface area contributed by atoms with Gasteiger partial charge in [0, 0.05) is 30.9 Å². The summed E-state index contributed by atoms with van der Waals surface area (Å²) in [6.45, 7) is 3.90. The van der Waals surface area contributed by atoms with Gasteiger partial charge in [0.1, 0.15) is 5.82 Å². The molecule has 0 spiro atoms. The first-order valence-electron chi connectivity index (χ1n) is 10.2. The fourth-order valence-electron chi connectivity index (χ4n) is 3.83. The number of nitrogens with one attached hydrogen (secondary N) is 1. The first-order chi connectivity index (χ1) is 14.5. The maximum atomic E-state index is 13.6. The fraction of sp³-hybridized carbons (Fsp3) is 0.348. The van der Waals surface area contributed by atoms with Crippen LogP contribution in [0.5, 0.6) is 0 Å². The lowest BCUT2D eigenvalue weighted by atomic mass is 9.96. The number of likely N-dealkylation sites (tertiary alicyclic amines) is 1. The van der Waals surface area contributed by atoms with Crippen LogP contribution in [0.25, 0.3) is 10.8 Å². The van der Waals surface area contributed by atoms with Crippen molar-refractivity contribution in [2.75, 3.05) is 13.1 Å². The number of carbonyl (C=O) groups excluding carboxylic acids is 1. The molecule has 0 aliphatic carbocycles. The number of benzene rings is 2. The highest BCUT2D eigenvalue weighted by Gasteiger charge is 2.25. The number of hydrogen-bond acceptors (Lipinski definition) is 4. The topological polar surface area (TPSA) is 67.2 Å². The average Bonchev–Trinajstić information content (AvgIpc) is 2.77. The summed E-state index contributed by atoms with van der Waals surface area (Å²) in [6, 6.07) is 12.4. The molecule has 7 heteroatoms. The zero-order chi connectivity index (χ0) is 21.1. The second-order valence-electron chi connectivity index (χ2n) is 7.87. The van der Waals surface area contributed by atoms with Crippen molar-refractivity contribution < 1.29 is 9.18 Å². The molecule has 2 aromatic carbocycles. The minimum Gasteiger partial charge on any atom is -0.352 e. The third-order valence-corrected chi connectivity index (χ3v) is 5.76. The van der Waals surface area contributed by atoms with Gasteiger partial charge in [-0.3, -0.25) is 14.5 Å². The fourth-order valence-corrected chi connectivity index (χ4v) is 3.83. The number of fused-ring (bicyclic) bond motifs is 1. The van der Waals surface area contributed by atoms with E-state index in [2.05, 4.69) is 15.3 Å². The number of rotatable bonds is 5. The summed E-state index contributed by atoms with van der Waals surface area (Å²) in [6.07, 6.45) is 3.15. The number of aryl methyl sites for hydroxylation is 1. The molecule has 0 bridgehead atoms. The molecule has 1 amide bonds. The molecule has 156 valence electrons. The van der Waals surface area contributed by atoms with Gasteiger partial charge in [-0.25, -0.2) is 9.07 Å². The van der Waals surface area contributed by atoms with Gasteiger partial charge in [0.2, 0.25) is 5.91 Å². The summed E-state index contributed by atoms with van der Waals surface area (Å²) in [5, 5.41) is 8.70. The molecule has 3 aromatic rings. The van der Waals surface area contributed by atoms with Crippen LogP contribution in [-0.4, -0.2) is 33.7 Å². The Labute approximate surface area is 174 Å². The molecule has 6 nitrogen and oxygen atoms in total. The van der Waals surface area contributed by atoms with E-state index in [4.69, 9.17) is 0 Å².